The maximum absolute atomic E-state index is 4.66. The van der Waals surface area contributed by atoms with Gasteiger partial charge in [0.15, 0.2) is 5.96 Å². The smallest absolute Gasteiger partial charge is 0.191 e. The molecule has 0 amide bonds. The van der Waals surface area contributed by atoms with Gasteiger partial charge in [0.2, 0.25) is 0 Å². The van der Waals surface area contributed by atoms with Crippen LogP contribution in [0.1, 0.15) is 51.3 Å². The molecule has 2 N–H and O–H groups in total. The van der Waals surface area contributed by atoms with Crippen LogP contribution in [0.3, 0.4) is 0 Å². The molecule has 3 rings (SSSR count). The zero-order valence-electron chi connectivity index (χ0n) is 15.4. The molecular weight excluding hydrogens is 429 g/mol. The van der Waals surface area contributed by atoms with Gasteiger partial charge in [-0.3, -0.25) is 4.68 Å². The molecule has 2 heterocycles. The van der Waals surface area contributed by atoms with E-state index in [2.05, 4.69) is 37.5 Å². The van der Waals surface area contributed by atoms with E-state index in [0.717, 1.165) is 24.4 Å². The summed E-state index contributed by atoms with van der Waals surface area (Å²) in [6.07, 6.45) is 9.61. The zero-order valence-corrected chi connectivity index (χ0v) is 17.8. The van der Waals surface area contributed by atoms with Crippen LogP contribution in [0.4, 0.5) is 0 Å². The number of likely N-dealkylation sites (tertiary alicyclic amines) is 1. The third-order valence-electron chi connectivity index (χ3n) is 5.24. The van der Waals surface area contributed by atoms with Crippen molar-refractivity contribution in [1.29, 1.82) is 0 Å². The van der Waals surface area contributed by atoms with Gasteiger partial charge in [0.25, 0.3) is 0 Å². The largest absolute Gasteiger partial charge is 0.357 e. The van der Waals surface area contributed by atoms with E-state index < -0.39 is 0 Å². The Balaban J connectivity index is 0.00000225. The molecule has 25 heavy (non-hydrogen) atoms. The van der Waals surface area contributed by atoms with E-state index in [1.165, 1.54) is 51.6 Å². The van der Waals surface area contributed by atoms with Gasteiger partial charge in [0.05, 0.1) is 0 Å². The summed E-state index contributed by atoms with van der Waals surface area (Å²) in [5, 5.41) is 11.0. The quantitative estimate of drug-likeness (QED) is 0.398. The normalized spacial score (nSPS) is 20.5. The lowest BCUT2D eigenvalue weighted by molar-refractivity contribution is 0.150. The summed E-state index contributed by atoms with van der Waals surface area (Å²) in [6, 6.07) is 1.36. The average molecular weight is 461 g/mol. The molecule has 0 atom stereocenters. The molecule has 1 aromatic heterocycles. The number of nitrogens with zero attached hydrogens (tertiary/aromatic N) is 5. The molecule has 0 bridgehead atoms. The van der Waals surface area contributed by atoms with E-state index in [1.807, 2.05) is 7.05 Å². The Kier molecular flexibility index (Phi) is 8.41. The van der Waals surface area contributed by atoms with Gasteiger partial charge < -0.3 is 15.5 Å². The van der Waals surface area contributed by atoms with Gasteiger partial charge in [-0.05, 0) is 32.6 Å². The molecule has 7 nitrogen and oxygen atoms in total. The van der Waals surface area contributed by atoms with E-state index >= 15 is 0 Å². The maximum atomic E-state index is 4.66. The highest BCUT2D eigenvalue weighted by Crippen LogP contribution is 2.26. The molecule has 0 aromatic carbocycles. The summed E-state index contributed by atoms with van der Waals surface area (Å²) in [5.74, 6) is 1.77. The number of hydrogen-bond acceptors (Lipinski definition) is 4. The predicted octanol–water partition coefficient (Wildman–Crippen LogP) is 1.90. The minimum Gasteiger partial charge on any atom is -0.357 e. The van der Waals surface area contributed by atoms with Crippen LogP contribution in [0.15, 0.2) is 11.3 Å². The number of aromatic nitrogens is 3. The first-order valence-electron chi connectivity index (χ1n) is 9.38. The first-order valence-corrected chi connectivity index (χ1v) is 9.38. The topological polar surface area (TPSA) is 70.4 Å². The third kappa shape index (κ3) is 5.80. The Hall–Kier alpha value is -0.900. The number of piperidine rings is 1. The summed E-state index contributed by atoms with van der Waals surface area (Å²) in [5.41, 5.74) is 0. The van der Waals surface area contributed by atoms with E-state index in [0.29, 0.717) is 12.6 Å². The Bertz CT molecular complexity index is 531. The first kappa shape index (κ1) is 20.4. The second kappa shape index (κ2) is 10.3. The van der Waals surface area contributed by atoms with Crippen LogP contribution in [0.25, 0.3) is 0 Å². The average Bonchev–Trinajstić information content (AvgIpc) is 3.25. The lowest BCUT2D eigenvalue weighted by atomic mass is 10.0. The standard InChI is InChI=1S/C17H31N7.HI/c1-3-18-17(19-12-16-20-13-21-23(16)2)22-14-8-10-24(11-9-14)15-6-4-5-7-15;/h13-15H,3-12H2,1-2H3,(H2,18,19,22);1H. The van der Waals surface area contributed by atoms with Gasteiger partial charge in [-0.2, -0.15) is 5.10 Å². The molecule has 0 spiro atoms. The summed E-state index contributed by atoms with van der Waals surface area (Å²) >= 11 is 0. The highest BCUT2D eigenvalue weighted by Gasteiger charge is 2.27. The number of halogens is 1. The fraction of sp³-hybridized carbons (Fsp3) is 0.824. The van der Waals surface area contributed by atoms with Crippen LogP contribution in [-0.4, -0.2) is 57.3 Å². The van der Waals surface area contributed by atoms with Crippen molar-refractivity contribution >= 4 is 29.9 Å². The van der Waals surface area contributed by atoms with Crippen LogP contribution in [0.2, 0.25) is 0 Å². The summed E-state index contributed by atoms with van der Waals surface area (Å²) in [6.45, 7) is 5.94. The zero-order chi connectivity index (χ0) is 16.8. The molecule has 8 heteroatoms. The SMILES string of the molecule is CCNC(=NCc1ncnn1C)NC1CCN(C2CCCC2)CC1.I. The Labute approximate surface area is 168 Å². The summed E-state index contributed by atoms with van der Waals surface area (Å²) in [4.78, 5) is 11.6. The molecule has 1 aromatic rings. The van der Waals surface area contributed by atoms with Crippen molar-refractivity contribution < 1.29 is 0 Å². The summed E-state index contributed by atoms with van der Waals surface area (Å²) in [7, 11) is 1.90. The van der Waals surface area contributed by atoms with Gasteiger partial charge in [-0.15, -0.1) is 24.0 Å². The van der Waals surface area contributed by atoms with Crippen molar-refractivity contribution in [2.75, 3.05) is 19.6 Å². The van der Waals surface area contributed by atoms with Gasteiger partial charge in [-0.1, -0.05) is 12.8 Å². The fourth-order valence-corrected chi connectivity index (χ4v) is 3.80. The van der Waals surface area contributed by atoms with Crippen molar-refractivity contribution in [3.63, 3.8) is 0 Å². The third-order valence-corrected chi connectivity index (χ3v) is 5.24. The van der Waals surface area contributed by atoms with Crippen molar-refractivity contribution in [3.8, 4) is 0 Å². The van der Waals surface area contributed by atoms with Gasteiger partial charge >= 0.3 is 0 Å². The number of guanidine groups is 1. The van der Waals surface area contributed by atoms with Crippen molar-refractivity contribution in [1.82, 2.24) is 30.3 Å². The predicted molar refractivity (Wildman–Crippen MR) is 111 cm³/mol. The van der Waals surface area contributed by atoms with Crippen molar-refractivity contribution in [2.24, 2.45) is 12.0 Å². The first-order chi connectivity index (χ1) is 11.8. The van der Waals surface area contributed by atoms with Crippen LogP contribution in [0, 0.1) is 0 Å². The van der Waals surface area contributed by atoms with Crippen LogP contribution in [-0.2, 0) is 13.6 Å². The van der Waals surface area contributed by atoms with E-state index in [-0.39, 0.29) is 24.0 Å². The molecule has 2 fully saturated rings. The second-order valence-electron chi connectivity index (χ2n) is 6.89. The van der Waals surface area contributed by atoms with E-state index in [9.17, 15) is 0 Å². The Morgan fingerprint density at radius 1 is 1.24 bits per heavy atom. The lowest BCUT2D eigenvalue weighted by Gasteiger charge is -2.36. The molecule has 2 aliphatic rings. The molecule has 1 aliphatic carbocycles. The number of aryl methyl sites for hydroxylation is 1. The second-order valence-corrected chi connectivity index (χ2v) is 6.89. The maximum Gasteiger partial charge on any atom is 0.191 e. The molecule has 142 valence electrons. The molecular formula is C17H32IN7. The summed E-state index contributed by atoms with van der Waals surface area (Å²) < 4.78 is 1.77. The van der Waals surface area contributed by atoms with Crippen LogP contribution in [0.5, 0.6) is 0 Å². The van der Waals surface area contributed by atoms with Crippen molar-refractivity contribution in [3.05, 3.63) is 12.2 Å². The van der Waals surface area contributed by atoms with E-state index in [1.54, 1.807) is 11.0 Å². The minimum absolute atomic E-state index is 0. The highest BCUT2D eigenvalue weighted by atomic mass is 127. The van der Waals surface area contributed by atoms with E-state index in [4.69, 9.17) is 0 Å². The monoisotopic (exact) mass is 461 g/mol. The van der Waals surface area contributed by atoms with Crippen LogP contribution < -0.4 is 10.6 Å². The van der Waals surface area contributed by atoms with Crippen LogP contribution >= 0.6 is 24.0 Å². The number of nitrogens with one attached hydrogen (secondary N) is 2. The lowest BCUT2D eigenvalue weighted by Crippen LogP contribution is -2.50. The Morgan fingerprint density at radius 2 is 1.96 bits per heavy atom. The van der Waals surface area contributed by atoms with Gasteiger partial charge in [0.1, 0.15) is 18.7 Å². The van der Waals surface area contributed by atoms with Gasteiger partial charge in [0, 0.05) is 38.8 Å². The number of hydrogen-bond donors (Lipinski definition) is 2. The van der Waals surface area contributed by atoms with Crippen molar-refractivity contribution in [2.45, 2.75) is 64.1 Å². The molecule has 0 unspecified atom stereocenters. The molecule has 0 radical (unpaired) electrons. The molecule has 1 saturated heterocycles. The fourth-order valence-electron chi connectivity index (χ4n) is 3.80. The number of aliphatic imine (C=N–C) groups is 1. The van der Waals surface area contributed by atoms with Gasteiger partial charge in [-0.25, -0.2) is 9.98 Å². The Morgan fingerprint density at radius 3 is 2.56 bits per heavy atom. The molecule has 1 saturated carbocycles. The number of rotatable bonds is 5. The highest BCUT2D eigenvalue weighted by molar-refractivity contribution is 14.0. The molecule has 1 aliphatic heterocycles. The minimum atomic E-state index is 0.